The lowest BCUT2D eigenvalue weighted by Crippen LogP contribution is -2.59. The third kappa shape index (κ3) is 2.45. The zero-order valence-corrected chi connectivity index (χ0v) is 12.5. The van der Waals surface area contributed by atoms with Gasteiger partial charge in [-0.05, 0) is 43.4 Å². The van der Waals surface area contributed by atoms with Crippen LogP contribution in [0.2, 0.25) is 0 Å². The number of hydrogen-bond donors (Lipinski definition) is 1. The molecule has 2 saturated heterocycles. The van der Waals surface area contributed by atoms with Gasteiger partial charge in [-0.1, -0.05) is 20.3 Å². The van der Waals surface area contributed by atoms with Gasteiger partial charge >= 0.3 is 0 Å². The molecule has 1 spiro atoms. The van der Waals surface area contributed by atoms with E-state index < -0.39 is 0 Å². The van der Waals surface area contributed by atoms with E-state index in [0.29, 0.717) is 11.8 Å². The third-order valence-corrected chi connectivity index (χ3v) is 6.03. The molecule has 3 heteroatoms. The van der Waals surface area contributed by atoms with Gasteiger partial charge in [0.1, 0.15) is 0 Å². The fourth-order valence-corrected chi connectivity index (χ4v) is 4.63. The van der Waals surface area contributed by atoms with Crippen molar-refractivity contribution in [2.75, 3.05) is 19.8 Å². The molecule has 3 nitrogen and oxygen atoms in total. The normalized spacial score (nSPS) is 51.6. The predicted octanol–water partition coefficient (Wildman–Crippen LogP) is 2.73. The summed E-state index contributed by atoms with van der Waals surface area (Å²) in [7, 11) is 0. The van der Waals surface area contributed by atoms with Crippen molar-refractivity contribution in [1.82, 2.24) is 0 Å². The molecule has 1 aliphatic carbocycles. The van der Waals surface area contributed by atoms with Crippen molar-refractivity contribution in [3.63, 3.8) is 0 Å². The minimum atomic E-state index is -0.00427. The van der Waals surface area contributed by atoms with Crippen molar-refractivity contribution in [3.8, 4) is 0 Å². The summed E-state index contributed by atoms with van der Waals surface area (Å²) in [5.41, 5.74) is 6.94. The summed E-state index contributed by atoms with van der Waals surface area (Å²) in [4.78, 5) is 0. The Morgan fingerprint density at radius 1 is 1.05 bits per heavy atom. The van der Waals surface area contributed by atoms with Gasteiger partial charge in [0, 0.05) is 25.2 Å². The van der Waals surface area contributed by atoms with Crippen LogP contribution < -0.4 is 5.73 Å². The molecule has 0 amide bonds. The van der Waals surface area contributed by atoms with E-state index in [1.54, 1.807) is 0 Å². The molecule has 0 bridgehead atoms. The molecule has 0 aromatic rings. The third-order valence-electron chi connectivity index (χ3n) is 6.03. The first-order valence-electron chi connectivity index (χ1n) is 8.05. The van der Waals surface area contributed by atoms with Gasteiger partial charge in [-0.15, -0.1) is 0 Å². The van der Waals surface area contributed by atoms with E-state index in [0.717, 1.165) is 45.0 Å². The second kappa shape index (κ2) is 5.01. The number of ether oxygens (including phenoxy) is 2. The van der Waals surface area contributed by atoms with Gasteiger partial charge in [0.25, 0.3) is 0 Å². The molecule has 5 atom stereocenters. The fraction of sp³-hybridized carbons (Fsp3) is 1.00. The highest BCUT2D eigenvalue weighted by Crippen LogP contribution is 2.47. The van der Waals surface area contributed by atoms with Crippen molar-refractivity contribution in [1.29, 1.82) is 0 Å². The highest BCUT2D eigenvalue weighted by atomic mass is 16.6. The summed E-state index contributed by atoms with van der Waals surface area (Å²) < 4.78 is 11.7. The summed E-state index contributed by atoms with van der Waals surface area (Å²) in [5.74, 6) is 2.03. The average Bonchev–Trinajstić information content (AvgIpc) is 2.82. The monoisotopic (exact) mass is 267 g/mol. The van der Waals surface area contributed by atoms with Gasteiger partial charge in [-0.25, -0.2) is 0 Å². The van der Waals surface area contributed by atoms with E-state index in [2.05, 4.69) is 13.8 Å². The Bertz CT molecular complexity index is 327. The van der Waals surface area contributed by atoms with Crippen molar-refractivity contribution in [2.45, 2.75) is 63.5 Å². The maximum Gasteiger partial charge on any atom is 0.0940 e. The second-order valence-corrected chi connectivity index (χ2v) is 7.42. The molecular weight excluding hydrogens is 238 g/mol. The van der Waals surface area contributed by atoms with E-state index in [1.807, 2.05) is 0 Å². The van der Waals surface area contributed by atoms with Crippen molar-refractivity contribution in [2.24, 2.45) is 23.5 Å². The first-order valence-corrected chi connectivity index (χ1v) is 8.05. The van der Waals surface area contributed by atoms with Crippen LogP contribution in [-0.2, 0) is 9.47 Å². The van der Waals surface area contributed by atoms with Crippen LogP contribution in [-0.4, -0.2) is 31.0 Å². The lowest BCUT2D eigenvalue weighted by atomic mass is 9.61. The maximum absolute atomic E-state index is 6.92. The van der Waals surface area contributed by atoms with Crippen molar-refractivity contribution in [3.05, 3.63) is 0 Å². The molecular formula is C16H29NO2. The van der Waals surface area contributed by atoms with Gasteiger partial charge in [-0.3, -0.25) is 0 Å². The smallest absolute Gasteiger partial charge is 0.0940 e. The van der Waals surface area contributed by atoms with Crippen LogP contribution in [0, 0.1) is 17.8 Å². The summed E-state index contributed by atoms with van der Waals surface area (Å²) in [6.45, 7) is 7.23. The Kier molecular flexibility index (Phi) is 3.65. The first kappa shape index (κ1) is 13.8. The van der Waals surface area contributed by atoms with Gasteiger partial charge < -0.3 is 15.2 Å². The van der Waals surface area contributed by atoms with Crippen molar-refractivity contribution < 1.29 is 9.47 Å². The Morgan fingerprint density at radius 3 is 2.63 bits per heavy atom. The standard InChI is InChI=1S/C16H29NO2/c1-12-3-4-13(2)16(17,9-12)14-5-7-19-15(10-14)6-8-18-11-15/h12-14H,3-11,17H2,1-2H3. The van der Waals surface area contributed by atoms with E-state index >= 15 is 0 Å². The quantitative estimate of drug-likeness (QED) is 0.794. The Balaban J connectivity index is 1.76. The molecule has 0 radical (unpaired) electrons. The van der Waals surface area contributed by atoms with E-state index in [-0.39, 0.29) is 11.1 Å². The Hall–Kier alpha value is -0.120. The molecule has 3 fully saturated rings. The van der Waals surface area contributed by atoms with Gasteiger partial charge in [0.05, 0.1) is 12.2 Å². The zero-order valence-electron chi connectivity index (χ0n) is 12.5. The summed E-state index contributed by atoms with van der Waals surface area (Å²) in [5, 5.41) is 0. The Labute approximate surface area is 117 Å². The molecule has 5 unspecified atom stereocenters. The molecule has 110 valence electrons. The van der Waals surface area contributed by atoms with Gasteiger partial charge in [0.15, 0.2) is 0 Å². The van der Waals surface area contributed by atoms with Crippen LogP contribution in [0.1, 0.15) is 52.4 Å². The first-order chi connectivity index (χ1) is 9.04. The highest BCUT2D eigenvalue weighted by molar-refractivity contribution is 5.04. The van der Waals surface area contributed by atoms with Crippen LogP contribution >= 0.6 is 0 Å². The summed E-state index contributed by atoms with van der Waals surface area (Å²) >= 11 is 0. The molecule has 0 aromatic carbocycles. The second-order valence-electron chi connectivity index (χ2n) is 7.42. The molecule has 3 aliphatic rings. The molecule has 3 rings (SSSR count). The van der Waals surface area contributed by atoms with Gasteiger partial charge in [0.2, 0.25) is 0 Å². The van der Waals surface area contributed by atoms with E-state index in [4.69, 9.17) is 15.2 Å². The van der Waals surface area contributed by atoms with Crippen LogP contribution in [0.25, 0.3) is 0 Å². The van der Waals surface area contributed by atoms with E-state index in [9.17, 15) is 0 Å². The number of hydrogen-bond acceptors (Lipinski definition) is 3. The topological polar surface area (TPSA) is 44.5 Å². The molecule has 1 saturated carbocycles. The molecule has 19 heavy (non-hydrogen) atoms. The number of rotatable bonds is 1. The maximum atomic E-state index is 6.92. The minimum absolute atomic E-state index is 0.00427. The average molecular weight is 267 g/mol. The minimum Gasteiger partial charge on any atom is -0.378 e. The lowest BCUT2D eigenvalue weighted by molar-refractivity contribution is -0.118. The largest absolute Gasteiger partial charge is 0.378 e. The van der Waals surface area contributed by atoms with Gasteiger partial charge in [-0.2, -0.15) is 0 Å². The lowest BCUT2D eigenvalue weighted by Gasteiger charge is -2.51. The van der Waals surface area contributed by atoms with Crippen molar-refractivity contribution >= 4 is 0 Å². The SMILES string of the molecule is CC1CCC(C)C(N)(C2CCOC3(CCOC3)C2)C1. The zero-order chi connectivity index (χ0) is 13.5. The van der Waals surface area contributed by atoms with E-state index in [1.165, 1.54) is 19.3 Å². The molecule has 2 N–H and O–H groups in total. The Morgan fingerprint density at radius 2 is 1.89 bits per heavy atom. The summed E-state index contributed by atoms with van der Waals surface area (Å²) in [6.07, 6.45) is 7.13. The summed E-state index contributed by atoms with van der Waals surface area (Å²) in [6, 6.07) is 0. The van der Waals surface area contributed by atoms with Crippen LogP contribution in [0.4, 0.5) is 0 Å². The van der Waals surface area contributed by atoms with Crippen LogP contribution in [0.15, 0.2) is 0 Å². The van der Waals surface area contributed by atoms with Crippen LogP contribution in [0.5, 0.6) is 0 Å². The highest BCUT2D eigenvalue weighted by Gasteiger charge is 2.50. The van der Waals surface area contributed by atoms with Crippen LogP contribution in [0.3, 0.4) is 0 Å². The number of nitrogens with two attached hydrogens (primary N) is 1. The molecule has 2 heterocycles. The molecule has 2 aliphatic heterocycles. The predicted molar refractivity (Wildman–Crippen MR) is 75.9 cm³/mol. The molecule has 0 aromatic heterocycles. The fourth-order valence-electron chi connectivity index (χ4n) is 4.63.